The number of hydrogen-bond donors (Lipinski definition) is 0. The molecule has 0 saturated heterocycles. The van der Waals surface area contributed by atoms with Crippen molar-refractivity contribution in [1.82, 2.24) is 14.9 Å². The lowest BCUT2D eigenvalue weighted by molar-refractivity contribution is 0.0780. The van der Waals surface area contributed by atoms with Crippen molar-refractivity contribution in [3.8, 4) is 0 Å². The Morgan fingerprint density at radius 3 is 2.88 bits per heavy atom. The van der Waals surface area contributed by atoms with Gasteiger partial charge in [0.05, 0.1) is 18.9 Å². The number of rotatable bonds is 3. The highest BCUT2D eigenvalue weighted by Crippen LogP contribution is 2.12. The van der Waals surface area contributed by atoms with Crippen LogP contribution in [0.1, 0.15) is 15.4 Å². The number of aromatic nitrogens is 2. The lowest BCUT2D eigenvalue weighted by Gasteiger charge is -2.15. The van der Waals surface area contributed by atoms with Crippen LogP contribution in [0, 0.1) is 0 Å². The molecule has 17 heavy (non-hydrogen) atoms. The maximum atomic E-state index is 12.0. The Morgan fingerprint density at radius 2 is 2.29 bits per heavy atom. The zero-order valence-corrected chi connectivity index (χ0v) is 10.7. The van der Waals surface area contributed by atoms with E-state index in [4.69, 9.17) is 11.6 Å². The largest absolute Gasteiger partial charge is 0.335 e. The van der Waals surface area contributed by atoms with E-state index < -0.39 is 0 Å². The molecule has 0 saturated carbocycles. The van der Waals surface area contributed by atoms with Crippen molar-refractivity contribution in [3.05, 3.63) is 45.6 Å². The number of nitrogens with zero attached hydrogens (tertiary/aromatic N) is 3. The molecular formula is C11H10ClN3OS. The molecule has 0 N–H and O–H groups in total. The van der Waals surface area contributed by atoms with E-state index in [1.54, 1.807) is 23.3 Å². The predicted molar refractivity (Wildman–Crippen MR) is 67.2 cm³/mol. The summed E-state index contributed by atoms with van der Waals surface area (Å²) in [7, 11) is 1.73. The third kappa shape index (κ3) is 3.01. The van der Waals surface area contributed by atoms with Crippen LogP contribution in [-0.4, -0.2) is 27.8 Å². The molecule has 0 radical (unpaired) electrons. The van der Waals surface area contributed by atoms with Gasteiger partial charge in [0.15, 0.2) is 0 Å². The Morgan fingerprint density at radius 1 is 1.47 bits per heavy atom. The van der Waals surface area contributed by atoms with E-state index in [-0.39, 0.29) is 11.1 Å². The maximum Gasteiger partial charge on any atom is 0.274 e. The smallest absolute Gasteiger partial charge is 0.274 e. The second-order valence-corrected chi connectivity index (χ2v) is 4.88. The Kier molecular flexibility index (Phi) is 3.71. The molecule has 0 aliphatic rings. The summed E-state index contributed by atoms with van der Waals surface area (Å²) in [5, 5.41) is 2.26. The Hall–Kier alpha value is -1.46. The third-order valence-corrected chi connectivity index (χ3v) is 3.22. The molecule has 0 aromatic carbocycles. The van der Waals surface area contributed by atoms with Gasteiger partial charge in [-0.3, -0.25) is 4.79 Å². The number of amides is 1. The molecule has 0 aliphatic heterocycles. The second-order valence-electron chi connectivity index (χ2n) is 3.46. The van der Waals surface area contributed by atoms with Gasteiger partial charge in [0.25, 0.3) is 5.91 Å². The topological polar surface area (TPSA) is 46.1 Å². The number of thiophene rings is 1. The van der Waals surface area contributed by atoms with E-state index in [1.807, 2.05) is 17.5 Å². The lowest BCUT2D eigenvalue weighted by Crippen LogP contribution is -2.26. The SMILES string of the molecule is CN(Cc1cccs1)C(=O)c1cnc(Cl)cn1. The van der Waals surface area contributed by atoms with Gasteiger partial charge in [-0.2, -0.15) is 0 Å². The fourth-order valence-electron chi connectivity index (χ4n) is 1.33. The molecule has 2 rings (SSSR count). The summed E-state index contributed by atoms with van der Waals surface area (Å²) >= 11 is 7.23. The normalized spacial score (nSPS) is 10.2. The molecule has 1 amide bonds. The quantitative estimate of drug-likeness (QED) is 0.858. The Labute approximate surface area is 108 Å². The molecule has 0 bridgehead atoms. The van der Waals surface area contributed by atoms with Crippen LogP contribution < -0.4 is 0 Å². The monoisotopic (exact) mass is 267 g/mol. The van der Waals surface area contributed by atoms with Gasteiger partial charge in [-0.1, -0.05) is 17.7 Å². The molecule has 2 aromatic heterocycles. The maximum absolute atomic E-state index is 12.0. The molecule has 0 fully saturated rings. The zero-order chi connectivity index (χ0) is 12.3. The minimum Gasteiger partial charge on any atom is -0.335 e. The van der Waals surface area contributed by atoms with Crippen LogP contribution in [0.2, 0.25) is 5.15 Å². The minimum absolute atomic E-state index is 0.164. The molecule has 6 heteroatoms. The van der Waals surface area contributed by atoms with Gasteiger partial charge < -0.3 is 4.90 Å². The van der Waals surface area contributed by atoms with E-state index in [2.05, 4.69) is 9.97 Å². The summed E-state index contributed by atoms with van der Waals surface area (Å²) in [6.07, 6.45) is 2.75. The van der Waals surface area contributed by atoms with E-state index in [1.165, 1.54) is 12.4 Å². The molecule has 88 valence electrons. The average Bonchev–Trinajstić information content (AvgIpc) is 2.82. The van der Waals surface area contributed by atoms with Gasteiger partial charge in [0.2, 0.25) is 0 Å². The minimum atomic E-state index is -0.164. The van der Waals surface area contributed by atoms with Crippen molar-refractivity contribution in [2.45, 2.75) is 6.54 Å². The molecular weight excluding hydrogens is 258 g/mol. The van der Waals surface area contributed by atoms with Crippen LogP contribution in [0.4, 0.5) is 0 Å². The van der Waals surface area contributed by atoms with Crippen molar-refractivity contribution in [2.75, 3.05) is 7.05 Å². The van der Waals surface area contributed by atoms with Gasteiger partial charge in [-0.05, 0) is 11.4 Å². The van der Waals surface area contributed by atoms with Gasteiger partial charge in [-0.25, -0.2) is 9.97 Å². The molecule has 0 unspecified atom stereocenters. The molecule has 4 nitrogen and oxygen atoms in total. The predicted octanol–water partition coefficient (Wildman–Crippen LogP) is 2.46. The summed E-state index contributed by atoms with van der Waals surface area (Å²) in [4.78, 5) is 22.5. The first kappa shape index (κ1) is 12.0. The van der Waals surface area contributed by atoms with E-state index in [0.29, 0.717) is 12.2 Å². The molecule has 0 aliphatic carbocycles. The van der Waals surface area contributed by atoms with Crippen LogP contribution >= 0.6 is 22.9 Å². The first-order valence-electron chi connectivity index (χ1n) is 4.92. The standard InChI is InChI=1S/C11H10ClN3OS/c1-15(7-8-3-2-4-17-8)11(16)9-5-14-10(12)6-13-9/h2-6H,7H2,1H3. The number of carbonyl (C=O) groups excluding carboxylic acids is 1. The first-order valence-corrected chi connectivity index (χ1v) is 6.18. The summed E-state index contributed by atoms with van der Waals surface area (Å²) in [5.74, 6) is -0.164. The fourth-order valence-corrected chi connectivity index (χ4v) is 2.18. The van der Waals surface area contributed by atoms with Crippen molar-refractivity contribution in [2.24, 2.45) is 0 Å². The van der Waals surface area contributed by atoms with Gasteiger partial charge >= 0.3 is 0 Å². The van der Waals surface area contributed by atoms with Gasteiger partial charge in [0, 0.05) is 11.9 Å². The van der Waals surface area contributed by atoms with Crippen molar-refractivity contribution < 1.29 is 4.79 Å². The summed E-state index contributed by atoms with van der Waals surface area (Å²) in [6, 6.07) is 3.95. The lowest BCUT2D eigenvalue weighted by atomic mass is 10.3. The average molecular weight is 268 g/mol. The Bertz CT molecular complexity index is 498. The van der Waals surface area contributed by atoms with Gasteiger partial charge in [-0.15, -0.1) is 11.3 Å². The molecule has 2 aromatic rings. The zero-order valence-electron chi connectivity index (χ0n) is 9.13. The van der Waals surface area contributed by atoms with E-state index in [9.17, 15) is 4.79 Å². The van der Waals surface area contributed by atoms with Crippen LogP contribution in [0.3, 0.4) is 0 Å². The highest BCUT2D eigenvalue weighted by Gasteiger charge is 2.14. The summed E-state index contributed by atoms with van der Waals surface area (Å²) in [6.45, 7) is 0.570. The highest BCUT2D eigenvalue weighted by atomic mass is 35.5. The molecule has 0 spiro atoms. The van der Waals surface area contributed by atoms with E-state index >= 15 is 0 Å². The summed E-state index contributed by atoms with van der Waals surface area (Å²) < 4.78 is 0. The van der Waals surface area contributed by atoms with Crippen molar-refractivity contribution in [3.63, 3.8) is 0 Å². The van der Waals surface area contributed by atoms with Crippen molar-refractivity contribution in [1.29, 1.82) is 0 Å². The number of hydrogen-bond acceptors (Lipinski definition) is 4. The van der Waals surface area contributed by atoms with E-state index in [0.717, 1.165) is 4.88 Å². The second kappa shape index (κ2) is 5.25. The number of halogens is 1. The van der Waals surface area contributed by atoms with Crippen molar-refractivity contribution >= 4 is 28.8 Å². The molecule has 2 heterocycles. The molecule has 0 atom stereocenters. The number of carbonyl (C=O) groups is 1. The van der Waals surface area contributed by atoms with Crippen LogP contribution in [-0.2, 0) is 6.54 Å². The first-order chi connectivity index (χ1) is 8.16. The van der Waals surface area contributed by atoms with Gasteiger partial charge in [0.1, 0.15) is 10.8 Å². The van der Waals surface area contributed by atoms with Crippen LogP contribution in [0.15, 0.2) is 29.9 Å². The fraction of sp³-hybridized carbons (Fsp3) is 0.182. The third-order valence-electron chi connectivity index (χ3n) is 2.16. The van der Waals surface area contributed by atoms with Crippen LogP contribution in [0.5, 0.6) is 0 Å². The van der Waals surface area contributed by atoms with Crippen LogP contribution in [0.25, 0.3) is 0 Å². The summed E-state index contributed by atoms with van der Waals surface area (Å²) in [5.41, 5.74) is 0.299. The Balaban J connectivity index is 2.07. The highest BCUT2D eigenvalue weighted by molar-refractivity contribution is 7.09.